The van der Waals surface area contributed by atoms with Crippen molar-refractivity contribution >= 4 is 30.7 Å². The number of carbonyl (C=O) groups is 1. The number of likely N-dealkylation sites (N-methyl/N-ethyl adjacent to an activating group) is 2. The Hall–Kier alpha value is -0.0300. The maximum absolute atomic E-state index is 11.7. The lowest BCUT2D eigenvalue weighted by molar-refractivity contribution is -0.131. The van der Waals surface area contributed by atoms with Crippen molar-refractivity contribution in [1.82, 2.24) is 15.1 Å². The number of hydrogen-bond donors (Lipinski definition) is 1. The second-order valence-corrected chi connectivity index (χ2v) is 4.61. The first-order chi connectivity index (χ1) is 7.69. The molecule has 0 atom stereocenters. The zero-order valence-corrected chi connectivity index (χ0v) is 13.3. The molecule has 1 aliphatic heterocycles. The van der Waals surface area contributed by atoms with Gasteiger partial charge in [0.15, 0.2) is 0 Å². The van der Waals surface area contributed by atoms with E-state index in [-0.39, 0.29) is 30.7 Å². The second kappa shape index (κ2) is 10.9. The van der Waals surface area contributed by atoms with Crippen LogP contribution in [-0.2, 0) is 4.79 Å². The number of rotatable bonds is 5. The topological polar surface area (TPSA) is 35.6 Å². The summed E-state index contributed by atoms with van der Waals surface area (Å²) in [5.41, 5.74) is 0. The van der Waals surface area contributed by atoms with Gasteiger partial charge in [-0.05, 0) is 32.9 Å². The summed E-state index contributed by atoms with van der Waals surface area (Å²) in [6, 6.07) is 0.439. The van der Waals surface area contributed by atoms with Crippen molar-refractivity contribution in [1.29, 1.82) is 0 Å². The molecule has 0 unspecified atom stereocenters. The van der Waals surface area contributed by atoms with Crippen LogP contribution in [0.2, 0.25) is 0 Å². The van der Waals surface area contributed by atoms with Crippen LogP contribution in [0.15, 0.2) is 0 Å². The van der Waals surface area contributed by atoms with E-state index < -0.39 is 0 Å². The number of piperidine rings is 1. The molecule has 0 saturated carbocycles. The minimum absolute atomic E-state index is 0. The summed E-state index contributed by atoms with van der Waals surface area (Å²) in [7, 11) is 3.75. The van der Waals surface area contributed by atoms with Gasteiger partial charge in [-0.15, -0.1) is 24.8 Å². The number of nitrogens with zero attached hydrogens (tertiary/aromatic N) is 2. The molecule has 1 amide bonds. The lowest BCUT2D eigenvalue weighted by Gasteiger charge is -2.36. The van der Waals surface area contributed by atoms with E-state index in [9.17, 15) is 4.79 Å². The van der Waals surface area contributed by atoms with Crippen molar-refractivity contribution < 1.29 is 4.79 Å². The van der Waals surface area contributed by atoms with Crippen molar-refractivity contribution in [3.63, 3.8) is 0 Å². The molecule has 0 aromatic heterocycles. The van der Waals surface area contributed by atoms with Gasteiger partial charge in [0.2, 0.25) is 5.91 Å². The third-order valence-corrected chi connectivity index (χ3v) is 3.37. The molecule has 1 heterocycles. The van der Waals surface area contributed by atoms with E-state index in [0.29, 0.717) is 12.6 Å². The van der Waals surface area contributed by atoms with Crippen LogP contribution in [0.25, 0.3) is 0 Å². The van der Waals surface area contributed by atoms with E-state index in [1.54, 1.807) is 0 Å². The van der Waals surface area contributed by atoms with Crippen LogP contribution in [0.5, 0.6) is 0 Å². The average molecular weight is 300 g/mol. The Bertz CT molecular complexity index is 221. The number of carbonyl (C=O) groups excluding carboxylic acids is 1. The Labute approximate surface area is 123 Å². The minimum atomic E-state index is 0. The van der Waals surface area contributed by atoms with Crippen LogP contribution in [0, 0.1) is 0 Å². The lowest BCUT2D eigenvalue weighted by atomic mass is 10.0. The van der Waals surface area contributed by atoms with Gasteiger partial charge >= 0.3 is 0 Å². The molecule has 0 aromatic rings. The first kappa shape index (κ1) is 20.3. The normalized spacial score (nSPS) is 16.6. The summed E-state index contributed by atoms with van der Waals surface area (Å²) in [4.78, 5) is 16.1. The van der Waals surface area contributed by atoms with E-state index in [4.69, 9.17) is 0 Å². The van der Waals surface area contributed by atoms with Crippen LogP contribution in [0.4, 0.5) is 0 Å². The van der Waals surface area contributed by atoms with Crippen LogP contribution < -0.4 is 5.32 Å². The molecule has 1 saturated heterocycles. The third kappa shape index (κ3) is 6.23. The van der Waals surface area contributed by atoms with E-state index in [1.165, 1.54) is 13.0 Å². The van der Waals surface area contributed by atoms with E-state index in [1.807, 2.05) is 19.0 Å². The van der Waals surface area contributed by atoms with Crippen molar-refractivity contribution in [2.75, 3.05) is 40.3 Å². The van der Waals surface area contributed by atoms with E-state index in [2.05, 4.69) is 17.1 Å². The SMILES string of the molecule is CCCN1CCC(N(C)C(=O)CNC)CC1.Cl.Cl. The van der Waals surface area contributed by atoms with Gasteiger partial charge in [0, 0.05) is 26.2 Å². The van der Waals surface area contributed by atoms with Gasteiger partial charge in [0.1, 0.15) is 0 Å². The van der Waals surface area contributed by atoms with Crippen LogP contribution in [-0.4, -0.2) is 62.0 Å². The highest BCUT2D eigenvalue weighted by molar-refractivity contribution is 5.85. The summed E-state index contributed by atoms with van der Waals surface area (Å²) in [6.07, 6.45) is 3.46. The molecule has 0 aliphatic carbocycles. The number of hydrogen-bond acceptors (Lipinski definition) is 3. The minimum Gasteiger partial charge on any atom is -0.342 e. The molecule has 1 rings (SSSR count). The highest BCUT2D eigenvalue weighted by atomic mass is 35.5. The van der Waals surface area contributed by atoms with E-state index >= 15 is 0 Å². The van der Waals surface area contributed by atoms with Gasteiger partial charge in [0.05, 0.1) is 6.54 Å². The Morgan fingerprint density at radius 3 is 2.33 bits per heavy atom. The molecule has 1 N–H and O–H groups in total. The molecule has 4 nitrogen and oxygen atoms in total. The fourth-order valence-electron chi connectivity index (χ4n) is 2.33. The van der Waals surface area contributed by atoms with Crippen molar-refractivity contribution in [2.45, 2.75) is 32.2 Å². The zero-order chi connectivity index (χ0) is 12.0. The van der Waals surface area contributed by atoms with Crippen LogP contribution in [0.1, 0.15) is 26.2 Å². The first-order valence-corrected chi connectivity index (χ1v) is 6.31. The van der Waals surface area contributed by atoms with Gasteiger partial charge in [-0.25, -0.2) is 0 Å². The van der Waals surface area contributed by atoms with Crippen molar-refractivity contribution in [2.24, 2.45) is 0 Å². The highest BCUT2D eigenvalue weighted by Crippen LogP contribution is 2.15. The molecular weight excluding hydrogens is 273 g/mol. The zero-order valence-electron chi connectivity index (χ0n) is 11.6. The van der Waals surface area contributed by atoms with Gasteiger partial charge in [-0.3, -0.25) is 4.79 Å². The monoisotopic (exact) mass is 299 g/mol. The Morgan fingerprint density at radius 1 is 1.33 bits per heavy atom. The number of halogens is 2. The molecule has 0 spiro atoms. The summed E-state index contributed by atoms with van der Waals surface area (Å²) in [5.74, 6) is 0.205. The predicted molar refractivity (Wildman–Crippen MR) is 80.9 cm³/mol. The average Bonchev–Trinajstić information content (AvgIpc) is 2.30. The van der Waals surface area contributed by atoms with Crippen LogP contribution >= 0.6 is 24.8 Å². The first-order valence-electron chi connectivity index (χ1n) is 6.31. The summed E-state index contributed by atoms with van der Waals surface area (Å²) < 4.78 is 0. The summed E-state index contributed by atoms with van der Waals surface area (Å²) in [6.45, 7) is 6.13. The summed E-state index contributed by atoms with van der Waals surface area (Å²) >= 11 is 0. The largest absolute Gasteiger partial charge is 0.342 e. The molecule has 1 fully saturated rings. The smallest absolute Gasteiger partial charge is 0.236 e. The molecule has 0 bridgehead atoms. The van der Waals surface area contributed by atoms with Crippen molar-refractivity contribution in [3.05, 3.63) is 0 Å². The number of nitrogens with one attached hydrogen (secondary N) is 1. The molecule has 18 heavy (non-hydrogen) atoms. The van der Waals surface area contributed by atoms with Gasteiger partial charge in [-0.1, -0.05) is 6.92 Å². The molecule has 6 heteroatoms. The molecule has 1 aliphatic rings. The Balaban J connectivity index is 0. The highest BCUT2D eigenvalue weighted by Gasteiger charge is 2.24. The predicted octanol–water partition coefficient (Wildman–Crippen LogP) is 1.38. The third-order valence-electron chi connectivity index (χ3n) is 3.37. The summed E-state index contributed by atoms with van der Waals surface area (Å²) in [5, 5.41) is 2.91. The quantitative estimate of drug-likeness (QED) is 0.833. The van der Waals surface area contributed by atoms with E-state index in [0.717, 1.165) is 25.9 Å². The van der Waals surface area contributed by atoms with Gasteiger partial charge in [-0.2, -0.15) is 0 Å². The molecule has 0 radical (unpaired) electrons. The maximum atomic E-state index is 11.7. The second-order valence-electron chi connectivity index (χ2n) is 4.61. The maximum Gasteiger partial charge on any atom is 0.236 e. The lowest BCUT2D eigenvalue weighted by Crippen LogP contribution is -2.47. The van der Waals surface area contributed by atoms with Crippen LogP contribution in [0.3, 0.4) is 0 Å². The van der Waals surface area contributed by atoms with Gasteiger partial charge in [0.25, 0.3) is 0 Å². The van der Waals surface area contributed by atoms with Gasteiger partial charge < -0.3 is 15.1 Å². The molecule has 110 valence electrons. The Kier molecular flexibility index (Phi) is 12.2. The number of amides is 1. The fourth-order valence-corrected chi connectivity index (χ4v) is 2.33. The van der Waals surface area contributed by atoms with Crippen molar-refractivity contribution in [3.8, 4) is 0 Å². The fraction of sp³-hybridized carbons (Fsp3) is 0.917. The molecule has 0 aromatic carbocycles. The number of likely N-dealkylation sites (tertiary alicyclic amines) is 1. The molecular formula is C12H27Cl2N3O. The Morgan fingerprint density at radius 2 is 1.89 bits per heavy atom. The standard InChI is InChI=1S/C12H25N3O.2ClH/c1-4-7-15-8-5-11(6-9-15)14(3)12(16)10-13-2;;/h11,13H,4-10H2,1-3H3;2*1H.